The number of anilines is 1. The summed E-state index contributed by atoms with van der Waals surface area (Å²) in [4.78, 5) is 42.0. The summed E-state index contributed by atoms with van der Waals surface area (Å²) in [6, 6.07) is 3.98. The number of amides is 1. The van der Waals surface area contributed by atoms with Gasteiger partial charge in [0.2, 0.25) is 0 Å². The summed E-state index contributed by atoms with van der Waals surface area (Å²) in [5, 5.41) is 2.58. The van der Waals surface area contributed by atoms with E-state index in [1.807, 2.05) is 13.8 Å². The number of halogens is 3. The zero-order valence-electron chi connectivity index (χ0n) is 16.7. The Kier molecular flexibility index (Phi) is 5.27. The minimum atomic E-state index is -4.60. The van der Waals surface area contributed by atoms with Gasteiger partial charge in [0.05, 0.1) is 11.3 Å². The number of fused-ring (bicyclic) bond motifs is 1. The molecule has 0 unspecified atom stereocenters. The van der Waals surface area contributed by atoms with Crippen LogP contribution in [0, 0.1) is 0 Å². The average Bonchev–Trinajstić information content (AvgIpc) is 2.69. The van der Waals surface area contributed by atoms with Crippen LogP contribution in [-0.4, -0.2) is 20.0 Å². The van der Waals surface area contributed by atoms with Crippen LogP contribution in [0.25, 0.3) is 11.0 Å². The van der Waals surface area contributed by atoms with Gasteiger partial charge < -0.3 is 5.32 Å². The Morgan fingerprint density at radius 3 is 2.40 bits per heavy atom. The van der Waals surface area contributed by atoms with Crippen molar-refractivity contribution in [2.45, 2.75) is 25.9 Å². The molecule has 0 bridgehead atoms. The van der Waals surface area contributed by atoms with Crippen molar-refractivity contribution in [1.82, 2.24) is 14.1 Å². The quantitative estimate of drug-likeness (QED) is 0.706. The fraction of sp³-hybridized carbons (Fsp3) is 0.300. The van der Waals surface area contributed by atoms with Crippen LogP contribution in [0.2, 0.25) is 0 Å². The third-order valence-corrected chi connectivity index (χ3v) is 4.81. The number of carbonyl (C=O) groups excluding carboxylic acids is 1. The number of nitrogens with one attached hydrogen (secondary N) is 1. The number of nitrogens with zero attached hydrogens (tertiary/aromatic N) is 3. The topological polar surface area (TPSA) is 86.0 Å². The van der Waals surface area contributed by atoms with Gasteiger partial charge in [-0.3, -0.25) is 18.7 Å². The highest BCUT2D eigenvalue weighted by Crippen LogP contribution is 2.31. The number of pyridine rings is 1. The van der Waals surface area contributed by atoms with Gasteiger partial charge in [-0.1, -0.05) is 19.9 Å². The van der Waals surface area contributed by atoms with Crippen LogP contribution in [0.5, 0.6) is 0 Å². The number of carbonyl (C=O) groups is 1. The molecule has 3 aromatic rings. The van der Waals surface area contributed by atoms with Gasteiger partial charge in [0.1, 0.15) is 5.39 Å². The van der Waals surface area contributed by atoms with Gasteiger partial charge >= 0.3 is 11.9 Å². The van der Waals surface area contributed by atoms with Crippen molar-refractivity contribution >= 4 is 22.6 Å². The highest BCUT2D eigenvalue weighted by atomic mass is 19.4. The zero-order chi connectivity index (χ0) is 22.4. The molecule has 0 atom stereocenters. The molecule has 1 amide bonds. The van der Waals surface area contributed by atoms with E-state index in [2.05, 4.69) is 10.3 Å². The molecule has 158 valence electrons. The summed E-state index contributed by atoms with van der Waals surface area (Å²) in [5.74, 6) is -0.980. The number of aryl methyl sites for hydroxylation is 1. The molecular weight excluding hydrogens is 401 g/mol. The number of hydrogen-bond acceptors (Lipinski definition) is 4. The van der Waals surface area contributed by atoms with Crippen LogP contribution < -0.4 is 16.6 Å². The highest BCUT2D eigenvalue weighted by molar-refractivity contribution is 6.09. The number of aromatic nitrogens is 3. The predicted octanol–water partition coefficient (Wildman–Crippen LogP) is 3.03. The van der Waals surface area contributed by atoms with Gasteiger partial charge in [-0.25, -0.2) is 9.78 Å². The van der Waals surface area contributed by atoms with Crippen molar-refractivity contribution in [3.63, 3.8) is 0 Å². The van der Waals surface area contributed by atoms with Gasteiger partial charge in [-0.2, -0.15) is 13.2 Å². The molecule has 1 N–H and O–H groups in total. The van der Waals surface area contributed by atoms with Crippen LogP contribution in [0.3, 0.4) is 0 Å². The molecular formula is C20H19F3N4O3. The van der Waals surface area contributed by atoms with Gasteiger partial charge in [0, 0.05) is 25.9 Å². The van der Waals surface area contributed by atoms with E-state index in [1.54, 1.807) is 0 Å². The third-order valence-electron chi connectivity index (χ3n) is 4.81. The van der Waals surface area contributed by atoms with E-state index < -0.39 is 28.9 Å². The van der Waals surface area contributed by atoms with Crippen LogP contribution in [0.1, 0.15) is 41.3 Å². The Labute approximate surface area is 168 Å². The number of hydrogen-bond donors (Lipinski definition) is 1. The van der Waals surface area contributed by atoms with Crippen LogP contribution in [0.15, 0.2) is 40.1 Å². The molecule has 0 aliphatic heterocycles. The van der Waals surface area contributed by atoms with Crippen molar-refractivity contribution < 1.29 is 18.0 Å². The summed E-state index contributed by atoms with van der Waals surface area (Å²) in [6.07, 6.45) is -3.16. The lowest BCUT2D eigenvalue weighted by molar-refractivity contribution is -0.137. The van der Waals surface area contributed by atoms with Crippen molar-refractivity contribution in [2.24, 2.45) is 14.1 Å². The van der Waals surface area contributed by atoms with Crippen LogP contribution in [-0.2, 0) is 20.3 Å². The largest absolute Gasteiger partial charge is 0.416 e. The lowest BCUT2D eigenvalue weighted by atomic mass is 10.0. The molecule has 0 saturated carbocycles. The van der Waals surface area contributed by atoms with E-state index >= 15 is 0 Å². The Bertz CT molecular complexity index is 1270. The van der Waals surface area contributed by atoms with E-state index in [0.29, 0.717) is 5.56 Å². The first-order valence-corrected chi connectivity index (χ1v) is 9.00. The van der Waals surface area contributed by atoms with E-state index in [4.69, 9.17) is 0 Å². The summed E-state index contributed by atoms with van der Waals surface area (Å²) < 4.78 is 41.0. The SMILES string of the molecule is CC(C)c1cnc2c(c1NC(=O)c1cccc(C(F)(F)F)c1)c(=O)n(C)c(=O)n2C. The maximum atomic E-state index is 13.0. The second kappa shape index (κ2) is 7.43. The van der Waals surface area contributed by atoms with Gasteiger partial charge in [0.25, 0.3) is 11.5 Å². The zero-order valence-corrected chi connectivity index (χ0v) is 16.7. The summed E-state index contributed by atoms with van der Waals surface area (Å²) in [7, 11) is 2.73. The molecule has 0 fully saturated rings. The summed E-state index contributed by atoms with van der Waals surface area (Å²) in [6.45, 7) is 3.63. The fourth-order valence-corrected chi connectivity index (χ4v) is 3.14. The Hall–Kier alpha value is -3.43. The third kappa shape index (κ3) is 3.60. The fourth-order valence-electron chi connectivity index (χ4n) is 3.14. The predicted molar refractivity (Wildman–Crippen MR) is 106 cm³/mol. The van der Waals surface area contributed by atoms with Crippen molar-refractivity contribution in [3.8, 4) is 0 Å². The molecule has 0 aliphatic carbocycles. The van der Waals surface area contributed by atoms with Crippen LogP contribution in [0.4, 0.5) is 18.9 Å². The monoisotopic (exact) mass is 420 g/mol. The van der Waals surface area contributed by atoms with Crippen molar-refractivity contribution in [2.75, 3.05) is 5.32 Å². The molecule has 0 aliphatic rings. The van der Waals surface area contributed by atoms with Crippen LogP contribution >= 0.6 is 0 Å². The summed E-state index contributed by atoms with van der Waals surface area (Å²) >= 11 is 0. The average molecular weight is 420 g/mol. The summed E-state index contributed by atoms with van der Waals surface area (Å²) in [5.41, 5.74) is -1.74. The Balaban J connectivity index is 2.23. The number of alkyl halides is 3. The highest BCUT2D eigenvalue weighted by Gasteiger charge is 2.31. The van der Waals surface area contributed by atoms with Crippen molar-refractivity contribution in [3.05, 3.63) is 68.0 Å². The molecule has 2 aromatic heterocycles. The maximum absolute atomic E-state index is 13.0. The van der Waals surface area contributed by atoms with Crippen molar-refractivity contribution in [1.29, 1.82) is 0 Å². The standard InChI is InChI=1S/C20H19F3N4O3/c1-10(2)13-9-24-16-14(18(29)27(4)19(30)26(16)3)15(13)25-17(28)11-6-5-7-12(8-11)20(21,22)23/h5-10H,1-4H3,(H,24,25,28). The number of rotatable bonds is 3. The number of benzene rings is 1. The molecule has 2 heterocycles. The van der Waals surface area contributed by atoms with E-state index in [1.165, 1.54) is 30.9 Å². The second-order valence-corrected chi connectivity index (χ2v) is 7.18. The first-order valence-electron chi connectivity index (χ1n) is 9.00. The first-order chi connectivity index (χ1) is 13.9. The maximum Gasteiger partial charge on any atom is 0.416 e. The molecule has 3 rings (SSSR count). The van der Waals surface area contributed by atoms with Gasteiger partial charge in [0.15, 0.2) is 5.65 Å². The molecule has 10 heteroatoms. The minimum absolute atomic E-state index is 0.00567. The molecule has 0 saturated heterocycles. The van der Waals surface area contributed by atoms with Gasteiger partial charge in [-0.15, -0.1) is 0 Å². The van der Waals surface area contributed by atoms with E-state index in [0.717, 1.165) is 22.8 Å². The van der Waals surface area contributed by atoms with Gasteiger partial charge in [-0.05, 0) is 29.7 Å². The first kappa shape index (κ1) is 21.3. The normalized spacial score (nSPS) is 11.9. The molecule has 7 nitrogen and oxygen atoms in total. The van der Waals surface area contributed by atoms with E-state index in [9.17, 15) is 27.6 Å². The molecule has 0 spiro atoms. The minimum Gasteiger partial charge on any atom is -0.321 e. The smallest absolute Gasteiger partial charge is 0.321 e. The van der Waals surface area contributed by atoms with E-state index in [-0.39, 0.29) is 28.2 Å². The Morgan fingerprint density at radius 1 is 1.13 bits per heavy atom. The second-order valence-electron chi connectivity index (χ2n) is 7.18. The molecule has 30 heavy (non-hydrogen) atoms. The lowest BCUT2D eigenvalue weighted by Gasteiger charge is -2.17. The Morgan fingerprint density at radius 2 is 1.80 bits per heavy atom. The molecule has 1 aromatic carbocycles. The molecule has 0 radical (unpaired) electrons. The lowest BCUT2D eigenvalue weighted by Crippen LogP contribution is -2.38.